The molecule has 0 radical (unpaired) electrons. The highest BCUT2D eigenvalue weighted by Gasteiger charge is 2.28. The van der Waals surface area contributed by atoms with Crippen LogP contribution in [0.25, 0.3) is 5.82 Å². The molecule has 0 saturated carbocycles. The van der Waals surface area contributed by atoms with E-state index < -0.39 is 17.5 Å². The summed E-state index contributed by atoms with van der Waals surface area (Å²) in [6.07, 6.45) is 1.23. The van der Waals surface area contributed by atoms with Gasteiger partial charge in [-0.25, -0.2) is 13.9 Å². The molecule has 0 aliphatic heterocycles. The molecule has 0 bridgehead atoms. The Bertz CT molecular complexity index is 1430. The number of H-pyrrole nitrogens is 1. The Labute approximate surface area is 198 Å². The summed E-state index contributed by atoms with van der Waals surface area (Å²) in [4.78, 5) is 15.3. The molecule has 2 heterocycles. The first-order valence-electron chi connectivity index (χ1n) is 10.3. The van der Waals surface area contributed by atoms with Crippen molar-refractivity contribution < 1.29 is 18.6 Å². The number of amidine groups is 1. The zero-order valence-electron chi connectivity index (χ0n) is 18.8. The quantitative estimate of drug-likeness (QED) is 0.130. The first kappa shape index (κ1) is 23.3. The second-order valence-electron chi connectivity index (χ2n) is 7.41. The zero-order valence-corrected chi connectivity index (χ0v) is 18.8. The summed E-state index contributed by atoms with van der Waals surface area (Å²) in [5.41, 5.74) is 5.93. The Morgan fingerprint density at radius 3 is 2.60 bits per heavy atom. The number of aromatic nitrogens is 4. The topological polar surface area (TPSA) is 158 Å². The number of nitrogen functional groups attached to an aromatic ring is 1. The number of anilines is 1. The van der Waals surface area contributed by atoms with Gasteiger partial charge in [-0.3, -0.25) is 10.4 Å². The van der Waals surface area contributed by atoms with E-state index >= 15 is 4.39 Å². The van der Waals surface area contributed by atoms with Crippen LogP contribution < -0.4 is 30.9 Å². The second-order valence-corrected chi connectivity index (χ2v) is 7.41. The summed E-state index contributed by atoms with van der Waals surface area (Å²) in [5.74, 6) is -0.551. The fraction of sp³-hybridized carbons (Fsp3) is 0.130. The highest BCUT2D eigenvalue weighted by atomic mass is 19.1. The highest BCUT2D eigenvalue weighted by molar-refractivity contribution is 5.95. The summed E-state index contributed by atoms with van der Waals surface area (Å²) in [5, 5.41) is 27.2. The van der Waals surface area contributed by atoms with Crippen LogP contribution >= 0.6 is 0 Å². The largest absolute Gasteiger partial charge is 0.711 e. The number of benzene rings is 2. The van der Waals surface area contributed by atoms with Gasteiger partial charge in [0.1, 0.15) is 17.6 Å². The molecular formula is C23H22FN7O4. The lowest BCUT2D eigenvalue weighted by Gasteiger charge is -2.20. The van der Waals surface area contributed by atoms with Crippen molar-refractivity contribution in [3.8, 4) is 17.3 Å². The van der Waals surface area contributed by atoms with E-state index in [4.69, 9.17) is 20.6 Å². The molecule has 12 heteroatoms. The summed E-state index contributed by atoms with van der Waals surface area (Å²) < 4.78 is 27.3. The Kier molecular flexibility index (Phi) is 6.36. The van der Waals surface area contributed by atoms with Crippen molar-refractivity contribution in [2.45, 2.75) is 6.04 Å². The van der Waals surface area contributed by atoms with Crippen LogP contribution in [0.2, 0.25) is 0 Å². The Balaban J connectivity index is 1.86. The Hall–Kier alpha value is -4.87. The lowest BCUT2D eigenvalue weighted by Crippen LogP contribution is -2.35. The lowest BCUT2D eigenvalue weighted by atomic mass is 10.0. The van der Waals surface area contributed by atoms with Gasteiger partial charge in [-0.2, -0.15) is 0 Å². The summed E-state index contributed by atoms with van der Waals surface area (Å²) in [7, 11) is 2.75. The van der Waals surface area contributed by atoms with Gasteiger partial charge in [-0.1, -0.05) is 11.2 Å². The first-order valence-corrected chi connectivity index (χ1v) is 10.3. The Morgan fingerprint density at radius 1 is 1.23 bits per heavy atom. The molecule has 0 spiro atoms. The van der Waals surface area contributed by atoms with Crippen LogP contribution in [0, 0.1) is 16.4 Å². The van der Waals surface area contributed by atoms with Gasteiger partial charge >= 0.3 is 11.5 Å². The maximum absolute atomic E-state index is 15.4. The van der Waals surface area contributed by atoms with Crippen molar-refractivity contribution in [2.24, 2.45) is 5.73 Å². The molecule has 5 N–H and O–H groups in total. The van der Waals surface area contributed by atoms with E-state index in [1.807, 2.05) is 0 Å². The monoisotopic (exact) mass is 479 g/mol. The van der Waals surface area contributed by atoms with Crippen molar-refractivity contribution in [1.82, 2.24) is 14.8 Å². The third-order valence-corrected chi connectivity index (χ3v) is 5.24. The number of halogens is 1. The lowest BCUT2D eigenvalue weighted by molar-refractivity contribution is -0.600. The normalized spacial score (nSPS) is 11.6. The number of hydrogen-bond donors (Lipinski definition) is 4. The molecule has 180 valence electrons. The fourth-order valence-corrected chi connectivity index (χ4v) is 3.48. The number of nitrogens with two attached hydrogens (primary N) is 1. The van der Waals surface area contributed by atoms with Crippen LogP contribution in [0.3, 0.4) is 0 Å². The average molecular weight is 479 g/mol. The van der Waals surface area contributed by atoms with Crippen molar-refractivity contribution in [3.05, 3.63) is 99.3 Å². The molecule has 0 fully saturated rings. The summed E-state index contributed by atoms with van der Waals surface area (Å²) in [6, 6.07) is 12.9. The second kappa shape index (κ2) is 9.55. The minimum atomic E-state index is -1.03. The van der Waals surface area contributed by atoms with E-state index in [-0.39, 0.29) is 28.8 Å². The summed E-state index contributed by atoms with van der Waals surface area (Å²) >= 11 is 0. The predicted molar refractivity (Wildman–Crippen MR) is 126 cm³/mol. The van der Waals surface area contributed by atoms with E-state index in [0.29, 0.717) is 21.7 Å². The predicted octanol–water partition coefficient (Wildman–Crippen LogP) is 1.84. The van der Waals surface area contributed by atoms with Crippen LogP contribution in [0.1, 0.15) is 23.0 Å². The van der Waals surface area contributed by atoms with E-state index in [1.54, 1.807) is 30.3 Å². The van der Waals surface area contributed by atoms with Gasteiger partial charge in [0.25, 0.3) is 0 Å². The molecule has 4 rings (SSSR count). The van der Waals surface area contributed by atoms with Gasteiger partial charge in [0.15, 0.2) is 17.4 Å². The summed E-state index contributed by atoms with van der Waals surface area (Å²) in [6.45, 7) is 0. The average Bonchev–Trinajstić information content (AvgIpc) is 3.24. The van der Waals surface area contributed by atoms with Crippen LogP contribution in [0.4, 0.5) is 10.1 Å². The molecule has 0 amide bonds. The van der Waals surface area contributed by atoms with Crippen molar-refractivity contribution in [1.29, 1.82) is 5.41 Å². The van der Waals surface area contributed by atoms with Gasteiger partial charge in [0, 0.05) is 28.9 Å². The Morgan fingerprint density at radius 2 is 1.97 bits per heavy atom. The highest BCUT2D eigenvalue weighted by Crippen LogP contribution is 2.34. The number of nitrogens with zero attached hydrogens (tertiary/aromatic N) is 3. The van der Waals surface area contributed by atoms with Crippen LogP contribution in [0.5, 0.6) is 11.5 Å². The smallest absolute Gasteiger partial charge is 0.440 e. The molecule has 0 saturated heterocycles. The van der Waals surface area contributed by atoms with E-state index in [2.05, 4.69) is 15.4 Å². The number of rotatable bonds is 8. The van der Waals surface area contributed by atoms with Crippen molar-refractivity contribution in [3.63, 3.8) is 0 Å². The van der Waals surface area contributed by atoms with Gasteiger partial charge in [0.2, 0.25) is 0 Å². The zero-order chi connectivity index (χ0) is 25.1. The minimum absolute atomic E-state index is 0.0312. The maximum atomic E-state index is 15.4. The van der Waals surface area contributed by atoms with Crippen LogP contribution in [-0.2, 0) is 0 Å². The number of aromatic amines is 1. The number of nitrogens with one attached hydrogen (secondary N) is 3. The molecule has 4 aromatic rings. The van der Waals surface area contributed by atoms with Gasteiger partial charge in [-0.05, 0) is 41.1 Å². The van der Waals surface area contributed by atoms with E-state index in [9.17, 15) is 10.0 Å². The first-order chi connectivity index (χ1) is 16.8. The molecule has 0 unspecified atom stereocenters. The van der Waals surface area contributed by atoms with Crippen LogP contribution in [-0.4, -0.2) is 34.8 Å². The number of methoxy groups -OCH3 is 2. The molecule has 2 aromatic carbocycles. The molecular weight excluding hydrogens is 457 g/mol. The minimum Gasteiger partial charge on any atom is -0.711 e. The van der Waals surface area contributed by atoms with Gasteiger partial charge < -0.3 is 25.7 Å². The van der Waals surface area contributed by atoms with E-state index in [0.717, 1.165) is 4.68 Å². The standard InChI is InChI=1S/C23H22FN7O4/c1-34-15-11-16(19(24)17(12-15)35-2)20(27-14-8-6-13(7-9-14)21(25)26)22-28-23(32)31(29-22)18-5-3-4-10-30(18)33/h3-12,20,27H,1-2H3,(H3,25,26)(H,28,29,32)/t20-/m0/s1. The number of pyridine rings is 1. The molecule has 2 aromatic heterocycles. The molecule has 1 atom stereocenters. The number of ether oxygens (including phenoxy) is 2. The molecule has 0 aliphatic rings. The van der Waals surface area contributed by atoms with E-state index in [1.165, 1.54) is 44.7 Å². The maximum Gasteiger partial charge on any atom is 0.440 e. The number of hydrogen-bond acceptors (Lipinski definition) is 7. The molecule has 11 nitrogen and oxygen atoms in total. The third-order valence-electron chi connectivity index (χ3n) is 5.24. The fourth-order valence-electron chi connectivity index (χ4n) is 3.48. The van der Waals surface area contributed by atoms with Crippen molar-refractivity contribution >= 4 is 11.5 Å². The van der Waals surface area contributed by atoms with Crippen LogP contribution in [0.15, 0.2) is 65.6 Å². The molecule has 35 heavy (non-hydrogen) atoms. The van der Waals surface area contributed by atoms with Gasteiger partial charge in [-0.15, -0.1) is 0 Å². The van der Waals surface area contributed by atoms with Gasteiger partial charge in [0.05, 0.1) is 20.4 Å². The van der Waals surface area contributed by atoms with Crippen molar-refractivity contribution in [2.75, 3.05) is 19.5 Å². The molecule has 0 aliphatic carbocycles. The third kappa shape index (κ3) is 4.62. The SMILES string of the molecule is COc1cc(OC)c(F)c([C@H](Nc2ccc(C(=N)N)cc2)c2nn(-c3cccc[n+]3[O-])c(=O)[nH]2)c1.